The Kier molecular flexibility index (Phi) is 2.24. The monoisotopic (exact) mass is 193 g/mol. The van der Waals surface area contributed by atoms with Crippen LogP contribution in [0.1, 0.15) is 5.69 Å². The van der Waals surface area contributed by atoms with E-state index in [9.17, 15) is 4.39 Å². The third-order valence-corrected chi connectivity index (χ3v) is 1.88. The molecule has 1 heterocycles. The van der Waals surface area contributed by atoms with E-state index in [1.165, 1.54) is 6.07 Å². The molecule has 0 aliphatic carbocycles. The second-order valence-corrected chi connectivity index (χ2v) is 2.74. The number of hydrogen-bond donors (Lipinski definition) is 1. The maximum atomic E-state index is 13.3. The molecule has 14 heavy (non-hydrogen) atoms. The molecule has 0 bridgehead atoms. The first-order chi connectivity index (χ1) is 6.83. The minimum Gasteiger partial charge on any atom is -0.325 e. The molecule has 0 aliphatic rings. The van der Waals surface area contributed by atoms with E-state index in [1.54, 1.807) is 18.2 Å². The Hall–Kier alpha value is -1.75. The molecule has 5 heteroatoms. The molecule has 2 N–H and O–H groups in total. The maximum absolute atomic E-state index is 13.3. The summed E-state index contributed by atoms with van der Waals surface area (Å²) in [7, 11) is 0. The molecule has 4 nitrogen and oxygen atoms in total. The van der Waals surface area contributed by atoms with Gasteiger partial charge in [0.25, 0.3) is 0 Å². The van der Waals surface area contributed by atoms with Crippen molar-refractivity contribution >= 4 is 0 Å². The number of rotatable bonds is 2. The molecule has 0 aliphatic heterocycles. The SMILES string of the molecule is NCc1nonc1-c1ccccc1F. The normalized spacial score (nSPS) is 10.4. The Labute approximate surface area is 79.5 Å². The van der Waals surface area contributed by atoms with Crippen molar-refractivity contribution < 1.29 is 9.02 Å². The van der Waals surface area contributed by atoms with Crippen molar-refractivity contribution in [2.75, 3.05) is 0 Å². The van der Waals surface area contributed by atoms with Gasteiger partial charge < -0.3 is 5.73 Å². The van der Waals surface area contributed by atoms with E-state index >= 15 is 0 Å². The molecule has 0 saturated heterocycles. The summed E-state index contributed by atoms with van der Waals surface area (Å²) in [6.07, 6.45) is 0. The van der Waals surface area contributed by atoms with Gasteiger partial charge >= 0.3 is 0 Å². The predicted octanol–water partition coefficient (Wildman–Crippen LogP) is 1.33. The van der Waals surface area contributed by atoms with E-state index in [0.29, 0.717) is 17.0 Å². The Bertz CT molecular complexity index is 441. The maximum Gasteiger partial charge on any atom is 0.142 e. The molecule has 0 fully saturated rings. The van der Waals surface area contributed by atoms with Gasteiger partial charge in [-0.15, -0.1) is 0 Å². The van der Waals surface area contributed by atoms with Crippen molar-refractivity contribution in [3.63, 3.8) is 0 Å². The molecule has 2 rings (SSSR count). The summed E-state index contributed by atoms with van der Waals surface area (Å²) in [4.78, 5) is 0. The highest BCUT2D eigenvalue weighted by atomic mass is 19.1. The molecule has 0 radical (unpaired) electrons. The lowest BCUT2D eigenvalue weighted by atomic mass is 10.1. The zero-order valence-corrected chi connectivity index (χ0v) is 7.27. The quantitative estimate of drug-likeness (QED) is 0.781. The van der Waals surface area contributed by atoms with Crippen molar-refractivity contribution in [1.29, 1.82) is 0 Å². The van der Waals surface area contributed by atoms with Crippen molar-refractivity contribution in [2.24, 2.45) is 5.73 Å². The topological polar surface area (TPSA) is 64.9 Å². The van der Waals surface area contributed by atoms with Crippen LogP contribution in [0.4, 0.5) is 4.39 Å². The second-order valence-electron chi connectivity index (χ2n) is 2.74. The number of aromatic nitrogens is 2. The van der Waals surface area contributed by atoms with Gasteiger partial charge in [-0.2, -0.15) is 0 Å². The molecule has 0 unspecified atom stereocenters. The summed E-state index contributed by atoms with van der Waals surface area (Å²) >= 11 is 0. The summed E-state index contributed by atoms with van der Waals surface area (Å²) in [5, 5.41) is 7.19. The third kappa shape index (κ3) is 1.38. The number of nitrogens with zero attached hydrogens (tertiary/aromatic N) is 2. The molecule has 0 spiro atoms. The highest BCUT2D eigenvalue weighted by Crippen LogP contribution is 2.22. The van der Waals surface area contributed by atoms with Crippen molar-refractivity contribution in [3.8, 4) is 11.3 Å². The fraction of sp³-hybridized carbons (Fsp3) is 0.111. The Balaban J connectivity index is 2.54. The van der Waals surface area contributed by atoms with E-state index in [0.717, 1.165) is 0 Å². The zero-order valence-electron chi connectivity index (χ0n) is 7.27. The number of nitrogens with two attached hydrogens (primary N) is 1. The Morgan fingerprint density at radius 3 is 2.79 bits per heavy atom. The van der Waals surface area contributed by atoms with Crippen LogP contribution in [0, 0.1) is 5.82 Å². The molecular weight excluding hydrogens is 185 g/mol. The lowest BCUT2D eigenvalue weighted by Gasteiger charge is -1.98. The third-order valence-electron chi connectivity index (χ3n) is 1.88. The fourth-order valence-electron chi connectivity index (χ4n) is 1.20. The van der Waals surface area contributed by atoms with Gasteiger partial charge in [-0.1, -0.05) is 17.3 Å². The van der Waals surface area contributed by atoms with E-state index in [4.69, 9.17) is 5.73 Å². The van der Waals surface area contributed by atoms with E-state index in [1.807, 2.05) is 0 Å². The van der Waals surface area contributed by atoms with Crippen molar-refractivity contribution in [1.82, 2.24) is 10.3 Å². The minimum absolute atomic E-state index is 0.174. The van der Waals surface area contributed by atoms with Crippen LogP contribution in [0.3, 0.4) is 0 Å². The van der Waals surface area contributed by atoms with E-state index in [-0.39, 0.29) is 12.4 Å². The lowest BCUT2D eigenvalue weighted by molar-refractivity contribution is 0.304. The lowest BCUT2D eigenvalue weighted by Crippen LogP contribution is -1.99. The van der Waals surface area contributed by atoms with Crippen LogP contribution in [-0.2, 0) is 6.54 Å². The van der Waals surface area contributed by atoms with Crippen molar-refractivity contribution in [3.05, 3.63) is 35.8 Å². The van der Waals surface area contributed by atoms with Gasteiger partial charge in [-0.3, -0.25) is 0 Å². The second kappa shape index (κ2) is 3.55. The zero-order chi connectivity index (χ0) is 9.97. The minimum atomic E-state index is -0.363. The smallest absolute Gasteiger partial charge is 0.142 e. The molecule has 1 aromatic heterocycles. The first-order valence-electron chi connectivity index (χ1n) is 4.09. The van der Waals surface area contributed by atoms with Crippen LogP contribution in [0.2, 0.25) is 0 Å². The van der Waals surface area contributed by atoms with Gasteiger partial charge in [0, 0.05) is 12.1 Å². The highest BCUT2D eigenvalue weighted by molar-refractivity contribution is 5.61. The van der Waals surface area contributed by atoms with Gasteiger partial charge in [0.15, 0.2) is 0 Å². The Morgan fingerprint density at radius 2 is 2.07 bits per heavy atom. The number of hydrogen-bond acceptors (Lipinski definition) is 4. The number of halogens is 1. The summed E-state index contributed by atoms with van der Waals surface area (Å²) in [5.41, 5.74) is 6.57. The van der Waals surface area contributed by atoms with E-state index in [2.05, 4.69) is 14.9 Å². The summed E-state index contributed by atoms with van der Waals surface area (Å²) < 4.78 is 17.8. The molecular formula is C9H8FN3O. The van der Waals surface area contributed by atoms with Crippen LogP contribution in [0.15, 0.2) is 28.9 Å². The first kappa shape index (κ1) is 8.83. The van der Waals surface area contributed by atoms with Crippen LogP contribution >= 0.6 is 0 Å². The van der Waals surface area contributed by atoms with Crippen molar-refractivity contribution in [2.45, 2.75) is 6.54 Å². The summed E-state index contributed by atoms with van der Waals surface area (Å²) in [5.74, 6) is -0.363. The summed E-state index contributed by atoms with van der Waals surface area (Å²) in [6.45, 7) is 0.174. The van der Waals surface area contributed by atoms with Crippen LogP contribution in [0.25, 0.3) is 11.3 Å². The Morgan fingerprint density at radius 1 is 1.29 bits per heavy atom. The van der Waals surface area contributed by atoms with Crippen LogP contribution in [0.5, 0.6) is 0 Å². The fourth-order valence-corrected chi connectivity index (χ4v) is 1.20. The van der Waals surface area contributed by atoms with E-state index < -0.39 is 0 Å². The van der Waals surface area contributed by atoms with Gasteiger partial charge in [-0.05, 0) is 17.3 Å². The molecule has 0 atom stereocenters. The standard InChI is InChI=1S/C9H8FN3O/c10-7-4-2-1-3-6(7)9-8(5-11)12-14-13-9/h1-4H,5,11H2. The molecule has 2 aromatic rings. The average molecular weight is 193 g/mol. The van der Waals surface area contributed by atoms with Crippen LogP contribution < -0.4 is 5.73 Å². The van der Waals surface area contributed by atoms with Gasteiger partial charge in [0.2, 0.25) is 0 Å². The largest absolute Gasteiger partial charge is 0.325 e. The first-order valence-corrected chi connectivity index (χ1v) is 4.09. The predicted molar refractivity (Wildman–Crippen MR) is 47.6 cm³/mol. The molecule has 1 aromatic carbocycles. The molecule has 0 saturated carbocycles. The van der Waals surface area contributed by atoms with Crippen LogP contribution in [-0.4, -0.2) is 10.3 Å². The van der Waals surface area contributed by atoms with Gasteiger partial charge in [-0.25, -0.2) is 9.02 Å². The van der Waals surface area contributed by atoms with Gasteiger partial charge in [0.1, 0.15) is 17.2 Å². The average Bonchev–Trinajstić information content (AvgIpc) is 2.66. The highest BCUT2D eigenvalue weighted by Gasteiger charge is 2.13. The molecule has 0 amide bonds. The summed E-state index contributed by atoms with van der Waals surface area (Å²) in [6, 6.07) is 6.28. The number of benzene rings is 1. The van der Waals surface area contributed by atoms with Gasteiger partial charge in [0.05, 0.1) is 0 Å². The molecule has 72 valence electrons.